The Morgan fingerprint density at radius 1 is 1.36 bits per heavy atom. The molecule has 0 aliphatic carbocycles. The summed E-state index contributed by atoms with van der Waals surface area (Å²) in [4.78, 5) is 22.5. The number of halogens is 2. The molecule has 2 aromatic heterocycles. The number of ether oxygens (including phenoxy) is 1. The third kappa shape index (κ3) is 3.35. The summed E-state index contributed by atoms with van der Waals surface area (Å²) in [6, 6.07) is 3.53. The molecule has 0 spiro atoms. The molecule has 0 aliphatic heterocycles. The minimum absolute atomic E-state index is 0.100. The van der Waals surface area contributed by atoms with Crippen molar-refractivity contribution in [2.45, 2.75) is 6.42 Å². The van der Waals surface area contributed by atoms with Crippen molar-refractivity contribution in [1.29, 1.82) is 0 Å². The molecule has 1 N–H and O–H groups in total. The summed E-state index contributed by atoms with van der Waals surface area (Å²) in [5.41, 5.74) is 0.0591. The summed E-state index contributed by atoms with van der Waals surface area (Å²) >= 11 is 5.72. The van der Waals surface area contributed by atoms with Gasteiger partial charge in [-0.25, -0.2) is 18.4 Å². The fourth-order valence-corrected chi connectivity index (χ4v) is 2.07. The lowest BCUT2D eigenvalue weighted by molar-refractivity contribution is -0.137. The average molecular weight is 371 g/mol. The van der Waals surface area contributed by atoms with Crippen molar-refractivity contribution in [2.24, 2.45) is 0 Å². The summed E-state index contributed by atoms with van der Waals surface area (Å²) in [7, 11) is 0. The number of aliphatic carboxylic acids is 1. The number of carboxylic acid groups (broad SMARTS) is 1. The lowest BCUT2D eigenvalue weighted by Crippen LogP contribution is -2.14. The Morgan fingerprint density at radius 2 is 2.16 bits per heavy atom. The third-order valence-corrected chi connectivity index (χ3v) is 3.28. The Balaban J connectivity index is 2.00. The summed E-state index contributed by atoms with van der Waals surface area (Å²) in [6.07, 6.45) is -0.286. The number of carboxylic acids is 1. The highest BCUT2D eigenvalue weighted by molar-refractivity contribution is 6.30. The summed E-state index contributed by atoms with van der Waals surface area (Å²) in [5.74, 6) is -2.96. The van der Waals surface area contributed by atoms with E-state index in [4.69, 9.17) is 21.4 Å². The Bertz CT molecular complexity index is 981. The fraction of sp³-hybridized carbons (Fsp3) is 0.154. The van der Waals surface area contributed by atoms with Crippen LogP contribution < -0.4 is 10.5 Å². The zero-order chi connectivity index (χ0) is 18.0. The second kappa shape index (κ2) is 6.73. The molecule has 0 unspecified atom stereocenters. The fourth-order valence-electron chi connectivity index (χ4n) is 1.90. The van der Waals surface area contributed by atoms with Gasteiger partial charge in [0, 0.05) is 0 Å². The van der Waals surface area contributed by atoms with Gasteiger partial charge in [-0.1, -0.05) is 16.8 Å². The minimum Gasteiger partial charge on any atom is -0.481 e. The second-order valence-corrected chi connectivity index (χ2v) is 5.02. The van der Waals surface area contributed by atoms with Crippen molar-refractivity contribution >= 4 is 17.6 Å². The van der Waals surface area contributed by atoms with Crippen LogP contribution >= 0.6 is 11.6 Å². The van der Waals surface area contributed by atoms with Gasteiger partial charge < -0.3 is 9.84 Å². The maximum atomic E-state index is 13.3. The molecule has 0 fully saturated rings. The highest BCUT2D eigenvalue weighted by Crippen LogP contribution is 2.27. The molecule has 130 valence electrons. The van der Waals surface area contributed by atoms with Gasteiger partial charge in [0.05, 0.1) is 17.1 Å². The van der Waals surface area contributed by atoms with Crippen LogP contribution in [0.3, 0.4) is 0 Å². The molecule has 0 amide bonds. The van der Waals surface area contributed by atoms with Gasteiger partial charge in [0.25, 0.3) is 5.88 Å². The first kappa shape index (κ1) is 16.6. The van der Waals surface area contributed by atoms with E-state index in [1.54, 1.807) is 0 Å². The maximum absolute atomic E-state index is 13.3. The van der Waals surface area contributed by atoms with Crippen LogP contribution in [0.1, 0.15) is 6.42 Å². The molecular weight excluding hydrogens is 363 g/mol. The highest BCUT2D eigenvalue weighted by atomic mass is 35.5. The first-order valence-corrected chi connectivity index (χ1v) is 7.07. The van der Waals surface area contributed by atoms with E-state index in [0.717, 1.165) is 10.6 Å². The Labute approximate surface area is 142 Å². The van der Waals surface area contributed by atoms with Crippen molar-refractivity contribution in [3.8, 4) is 23.1 Å². The molecular formula is C13H8ClFN4O6. The molecule has 0 saturated carbocycles. The lowest BCUT2D eigenvalue weighted by atomic mass is 10.3. The number of carbonyl (C=O) groups is 1. The number of nitrogens with zero attached hydrogens (tertiary/aromatic N) is 4. The molecule has 0 bridgehead atoms. The van der Waals surface area contributed by atoms with Gasteiger partial charge >= 0.3 is 11.7 Å². The van der Waals surface area contributed by atoms with Gasteiger partial charge in [-0.15, -0.1) is 0 Å². The zero-order valence-electron chi connectivity index (χ0n) is 12.2. The van der Waals surface area contributed by atoms with E-state index in [-0.39, 0.29) is 41.1 Å². The summed E-state index contributed by atoms with van der Waals surface area (Å²) in [6.45, 7) is -0.207. The van der Waals surface area contributed by atoms with E-state index < -0.39 is 17.5 Å². The number of benzene rings is 1. The molecule has 0 atom stereocenters. The lowest BCUT2D eigenvalue weighted by Gasteiger charge is -2.05. The van der Waals surface area contributed by atoms with Gasteiger partial charge in [-0.3, -0.25) is 9.32 Å². The third-order valence-electron chi connectivity index (χ3n) is 2.99. The first-order chi connectivity index (χ1) is 12.0. The summed E-state index contributed by atoms with van der Waals surface area (Å²) in [5, 5.41) is 19.0. The van der Waals surface area contributed by atoms with Crippen LogP contribution in [-0.4, -0.2) is 37.7 Å². The predicted molar refractivity (Wildman–Crippen MR) is 78.1 cm³/mol. The molecule has 10 nitrogen and oxygen atoms in total. The van der Waals surface area contributed by atoms with Crippen molar-refractivity contribution < 1.29 is 28.2 Å². The topological polar surface area (TPSA) is 133 Å². The SMILES string of the molecule is O=C(O)CCOc1nonc1-c1noc(=O)n1-c1ccc(F)c(Cl)c1. The van der Waals surface area contributed by atoms with Crippen molar-refractivity contribution in [1.82, 2.24) is 20.0 Å². The van der Waals surface area contributed by atoms with Gasteiger partial charge in [0.15, 0.2) is 0 Å². The van der Waals surface area contributed by atoms with Crippen LogP contribution in [0, 0.1) is 5.82 Å². The van der Waals surface area contributed by atoms with E-state index in [2.05, 4.69) is 24.6 Å². The van der Waals surface area contributed by atoms with Gasteiger partial charge in [-0.05, 0) is 28.5 Å². The van der Waals surface area contributed by atoms with E-state index in [1.165, 1.54) is 12.1 Å². The molecule has 3 rings (SSSR count). The number of rotatable bonds is 6. The number of aromatic nitrogens is 4. The van der Waals surface area contributed by atoms with E-state index >= 15 is 0 Å². The molecule has 1 aromatic carbocycles. The Morgan fingerprint density at radius 3 is 2.88 bits per heavy atom. The molecule has 0 radical (unpaired) electrons. The van der Waals surface area contributed by atoms with E-state index in [1.807, 2.05) is 0 Å². The molecule has 0 aliphatic rings. The minimum atomic E-state index is -1.07. The van der Waals surface area contributed by atoms with Crippen LogP contribution in [0.25, 0.3) is 17.2 Å². The molecule has 2 heterocycles. The molecule has 25 heavy (non-hydrogen) atoms. The smallest absolute Gasteiger partial charge is 0.446 e. The van der Waals surface area contributed by atoms with Crippen LogP contribution in [0.15, 0.2) is 32.1 Å². The van der Waals surface area contributed by atoms with Crippen LogP contribution in [0.2, 0.25) is 5.02 Å². The second-order valence-electron chi connectivity index (χ2n) is 4.62. The number of hydrogen-bond donors (Lipinski definition) is 1. The normalized spacial score (nSPS) is 10.8. The van der Waals surface area contributed by atoms with Crippen molar-refractivity contribution in [3.05, 3.63) is 39.6 Å². The van der Waals surface area contributed by atoms with Crippen molar-refractivity contribution in [3.63, 3.8) is 0 Å². The Kier molecular flexibility index (Phi) is 4.48. The standard InChI is InChI=1S/C13H8ClFN4O6/c14-7-5-6(1-2-8(7)15)19-11(17-24-13(19)22)10-12(18-25-16-10)23-4-3-9(20)21/h1-2,5H,3-4H2,(H,20,21). The number of hydrogen-bond acceptors (Lipinski definition) is 8. The molecule has 0 saturated heterocycles. The predicted octanol–water partition coefficient (Wildman–Crippen LogP) is 1.52. The van der Waals surface area contributed by atoms with Crippen LogP contribution in [0.5, 0.6) is 5.88 Å². The highest BCUT2D eigenvalue weighted by Gasteiger charge is 2.24. The Hall–Kier alpha value is -3.21. The van der Waals surface area contributed by atoms with Crippen molar-refractivity contribution in [2.75, 3.05) is 6.61 Å². The van der Waals surface area contributed by atoms with E-state index in [9.17, 15) is 14.0 Å². The van der Waals surface area contributed by atoms with Gasteiger partial charge in [-0.2, -0.15) is 0 Å². The van der Waals surface area contributed by atoms with Gasteiger partial charge in [0.1, 0.15) is 12.4 Å². The van der Waals surface area contributed by atoms with Gasteiger partial charge in [0.2, 0.25) is 11.5 Å². The summed E-state index contributed by atoms with van der Waals surface area (Å²) < 4.78 is 28.6. The van der Waals surface area contributed by atoms with Crippen LogP contribution in [-0.2, 0) is 4.79 Å². The first-order valence-electron chi connectivity index (χ1n) is 6.69. The largest absolute Gasteiger partial charge is 0.481 e. The monoisotopic (exact) mass is 370 g/mol. The molecule has 12 heteroatoms. The molecule has 3 aromatic rings. The zero-order valence-corrected chi connectivity index (χ0v) is 12.9. The van der Waals surface area contributed by atoms with Crippen LogP contribution in [0.4, 0.5) is 4.39 Å². The maximum Gasteiger partial charge on any atom is 0.446 e. The van der Waals surface area contributed by atoms with E-state index in [0.29, 0.717) is 0 Å². The quantitative estimate of drug-likeness (QED) is 0.685. The average Bonchev–Trinajstić information content (AvgIpc) is 3.16.